The van der Waals surface area contributed by atoms with Gasteiger partial charge in [0.2, 0.25) is 0 Å². The molecule has 0 fully saturated rings. The SMILES string of the molecule is CC(C)(C)c1cc(N)cc(B(O)O)c1. The summed E-state index contributed by atoms with van der Waals surface area (Å²) < 4.78 is 0. The normalized spacial score (nSPS) is 11.5. The van der Waals surface area contributed by atoms with E-state index in [0.29, 0.717) is 11.2 Å². The second kappa shape index (κ2) is 3.63. The molecule has 0 aliphatic rings. The summed E-state index contributed by atoms with van der Waals surface area (Å²) in [5, 5.41) is 18.1. The first-order valence-electron chi connectivity index (χ1n) is 4.58. The van der Waals surface area contributed by atoms with Crippen molar-refractivity contribution in [2.45, 2.75) is 26.2 Å². The molecular weight excluding hydrogens is 177 g/mol. The van der Waals surface area contributed by atoms with Gasteiger partial charge in [-0.05, 0) is 28.6 Å². The molecule has 0 unspecified atom stereocenters. The fraction of sp³-hybridized carbons (Fsp3) is 0.400. The lowest BCUT2D eigenvalue weighted by molar-refractivity contribution is 0.425. The summed E-state index contributed by atoms with van der Waals surface area (Å²) in [5.41, 5.74) is 7.63. The van der Waals surface area contributed by atoms with Crippen LogP contribution in [0.4, 0.5) is 5.69 Å². The second-order valence-corrected chi connectivity index (χ2v) is 4.51. The fourth-order valence-electron chi connectivity index (χ4n) is 1.26. The van der Waals surface area contributed by atoms with Crippen LogP contribution in [0.3, 0.4) is 0 Å². The Hall–Kier alpha value is -0.995. The van der Waals surface area contributed by atoms with Crippen molar-refractivity contribution in [3.05, 3.63) is 23.8 Å². The molecular formula is C10H16BNO2. The number of nitrogen functional groups attached to an aromatic ring is 1. The highest BCUT2D eigenvalue weighted by Crippen LogP contribution is 2.22. The predicted octanol–water partition coefficient (Wildman–Crippen LogP) is 0.246. The van der Waals surface area contributed by atoms with Gasteiger partial charge in [0.15, 0.2) is 0 Å². The van der Waals surface area contributed by atoms with Gasteiger partial charge < -0.3 is 15.8 Å². The molecule has 4 heteroatoms. The van der Waals surface area contributed by atoms with Gasteiger partial charge in [-0.25, -0.2) is 0 Å². The van der Waals surface area contributed by atoms with E-state index in [1.807, 2.05) is 6.07 Å². The van der Waals surface area contributed by atoms with Gasteiger partial charge in [-0.15, -0.1) is 0 Å². The highest BCUT2D eigenvalue weighted by Gasteiger charge is 2.18. The van der Waals surface area contributed by atoms with Crippen molar-refractivity contribution in [3.8, 4) is 0 Å². The highest BCUT2D eigenvalue weighted by atomic mass is 16.4. The Balaban J connectivity index is 3.21. The third kappa shape index (κ3) is 2.50. The average Bonchev–Trinajstić information content (AvgIpc) is 2.01. The maximum atomic E-state index is 9.04. The summed E-state index contributed by atoms with van der Waals surface area (Å²) in [6, 6.07) is 5.19. The first-order valence-corrected chi connectivity index (χ1v) is 4.58. The van der Waals surface area contributed by atoms with Crippen LogP contribution in [-0.2, 0) is 5.41 Å². The van der Waals surface area contributed by atoms with Gasteiger partial charge in [-0.1, -0.05) is 26.8 Å². The zero-order valence-corrected chi connectivity index (χ0v) is 8.78. The molecule has 0 spiro atoms. The zero-order chi connectivity index (χ0) is 10.9. The van der Waals surface area contributed by atoms with Crippen molar-refractivity contribution >= 4 is 18.3 Å². The van der Waals surface area contributed by atoms with Crippen molar-refractivity contribution in [2.24, 2.45) is 0 Å². The molecule has 1 aromatic carbocycles. The highest BCUT2D eigenvalue weighted by molar-refractivity contribution is 6.58. The summed E-state index contributed by atoms with van der Waals surface area (Å²) in [7, 11) is -1.46. The minimum Gasteiger partial charge on any atom is -0.423 e. The summed E-state index contributed by atoms with van der Waals surface area (Å²) >= 11 is 0. The van der Waals surface area contributed by atoms with Crippen LogP contribution in [0.1, 0.15) is 26.3 Å². The van der Waals surface area contributed by atoms with Crippen LogP contribution in [0.15, 0.2) is 18.2 Å². The molecule has 3 nitrogen and oxygen atoms in total. The minimum absolute atomic E-state index is 0.0426. The van der Waals surface area contributed by atoms with Crippen molar-refractivity contribution in [1.29, 1.82) is 0 Å². The van der Waals surface area contributed by atoms with Gasteiger partial charge in [0.1, 0.15) is 0 Å². The van der Waals surface area contributed by atoms with Crippen molar-refractivity contribution in [1.82, 2.24) is 0 Å². The van der Waals surface area contributed by atoms with Crippen LogP contribution in [0.25, 0.3) is 0 Å². The molecule has 0 atom stereocenters. The summed E-state index contributed by atoms with van der Waals surface area (Å²) in [4.78, 5) is 0. The van der Waals surface area contributed by atoms with E-state index in [0.717, 1.165) is 5.56 Å². The summed E-state index contributed by atoms with van der Waals surface area (Å²) in [6.45, 7) is 6.15. The number of benzene rings is 1. The molecule has 0 saturated heterocycles. The Morgan fingerprint density at radius 3 is 2.14 bits per heavy atom. The fourth-order valence-corrected chi connectivity index (χ4v) is 1.26. The second-order valence-electron chi connectivity index (χ2n) is 4.51. The van der Waals surface area contributed by atoms with E-state index in [1.54, 1.807) is 12.1 Å². The standard InChI is InChI=1S/C10H16BNO2/c1-10(2,3)7-4-8(11(13)14)6-9(12)5-7/h4-6,13-14H,12H2,1-3H3. The average molecular weight is 193 g/mol. The molecule has 76 valence electrons. The lowest BCUT2D eigenvalue weighted by Crippen LogP contribution is -2.31. The first kappa shape index (κ1) is 11.1. The van der Waals surface area contributed by atoms with Gasteiger partial charge in [0, 0.05) is 5.69 Å². The molecule has 0 bridgehead atoms. The quantitative estimate of drug-likeness (QED) is 0.442. The van der Waals surface area contributed by atoms with E-state index in [4.69, 9.17) is 15.8 Å². The van der Waals surface area contributed by atoms with Crippen LogP contribution in [-0.4, -0.2) is 17.2 Å². The van der Waals surface area contributed by atoms with E-state index in [-0.39, 0.29) is 5.41 Å². The van der Waals surface area contributed by atoms with Crippen LogP contribution in [0, 0.1) is 0 Å². The molecule has 0 aliphatic heterocycles. The van der Waals surface area contributed by atoms with Crippen LogP contribution < -0.4 is 11.2 Å². The van der Waals surface area contributed by atoms with E-state index in [1.165, 1.54) is 0 Å². The Morgan fingerprint density at radius 1 is 1.14 bits per heavy atom. The third-order valence-corrected chi connectivity index (χ3v) is 2.14. The van der Waals surface area contributed by atoms with E-state index in [9.17, 15) is 0 Å². The monoisotopic (exact) mass is 193 g/mol. The molecule has 0 amide bonds. The lowest BCUT2D eigenvalue weighted by Gasteiger charge is -2.20. The lowest BCUT2D eigenvalue weighted by atomic mass is 9.76. The zero-order valence-electron chi connectivity index (χ0n) is 8.78. The Morgan fingerprint density at radius 2 is 1.71 bits per heavy atom. The van der Waals surface area contributed by atoms with E-state index >= 15 is 0 Å². The van der Waals surface area contributed by atoms with Crippen LogP contribution in [0.2, 0.25) is 0 Å². The topological polar surface area (TPSA) is 66.5 Å². The van der Waals surface area contributed by atoms with Crippen molar-refractivity contribution in [2.75, 3.05) is 5.73 Å². The molecule has 1 aromatic rings. The van der Waals surface area contributed by atoms with Crippen molar-refractivity contribution < 1.29 is 10.0 Å². The van der Waals surface area contributed by atoms with Gasteiger partial charge >= 0.3 is 7.12 Å². The first-order chi connectivity index (χ1) is 6.30. The Labute approximate surface area is 84.7 Å². The molecule has 14 heavy (non-hydrogen) atoms. The van der Waals surface area contributed by atoms with E-state index < -0.39 is 7.12 Å². The molecule has 4 N–H and O–H groups in total. The third-order valence-electron chi connectivity index (χ3n) is 2.14. The summed E-state index contributed by atoms with van der Waals surface area (Å²) in [6.07, 6.45) is 0. The Bertz CT molecular complexity index is 331. The molecule has 0 aliphatic carbocycles. The molecule has 0 saturated carbocycles. The molecule has 1 rings (SSSR count). The summed E-state index contributed by atoms with van der Waals surface area (Å²) in [5.74, 6) is 0. The number of nitrogens with two attached hydrogens (primary N) is 1. The maximum absolute atomic E-state index is 9.04. The van der Waals surface area contributed by atoms with E-state index in [2.05, 4.69) is 20.8 Å². The molecule has 0 radical (unpaired) electrons. The number of rotatable bonds is 1. The Kier molecular flexibility index (Phi) is 2.88. The van der Waals surface area contributed by atoms with Gasteiger partial charge in [0.25, 0.3) is 0 Å². The van der Waals surface area contributed by atoms with Gasteiger partial charge in [-0.3, -0.25) is 0 Å². The van der Waals surface area contributed by atoms with Gasteiger partial charge in [-0.2, -0.15) is 0 Å². The smallest absolute Gasteiger partial charge is 0.423 e. The molecule has 0 heterocycles. The van der Waals surface area contributed by atoms with Crippen LogP contribution >= 0.6 is 0 Å². The van der Waals surface area contributed by atoms with Crippen molar-refractivity contribution in [3.63, 3.8) is 0 Å². The number of anilines is 1. The van der Waals surface area contributed by atoms with Crippen LogP contribution in [0.5, 0.6) is 0 Å². The minimum atomic E-state index is -1.46. The van der Waals surface area contributed by atoms with Gasteiger partial charge in [0.05, 0.1) is 0 Å². The maximum Gasteiger partial charge on any atom is 0.488 e. The number of hydrogen-bond acceptors (Lipinski definition) is 3. The number of hydrogen-bond donors (Lipinski definition) is 3. The molecule has 0 aromatic heterocycles. The largest absolute Gasteiger partial charge is 0.488 e. The predicted molar refractivity (Wildman–Crippen MR) is 59.4 cm³/mol.